The lowest BCUT2D eigenvalue weighted by atomic mass is 9.93. The number of aromatic nitrogens is 4. The maximum atomic E-state index is 9.57. The van der Waals surface area contributed by atoms with Crippen molar-refractivity contribution >= 4 is 17.0 Å². The van der Waals surface area contributed by atoms with Gasteiger partial charge in [-0.1, -0.05) is 0 Å². The maximum Gasteiger partial charge on any atom is 0.233 e. The highest BCUT2D eigenvalue weighted by molar-refractivity contribution is 5.72. The van der Waals surface area contributed by atoms with Crippen LogP contribution in [-0.2, 0) is 4.74 Å². The van der Waals surface area contributed by atoms with Gasteiger partial charge in [0.05, 0.1) is 44.5 Å². The summed E-state index contributed by atoms with van der Waals surface area (Å²) >= 11 is 0. The molecule has 0 aromatic carbocycles. The van der Waals surface area contributed by atoms with Gasteiger partial charge in [-0.3, -0.25) is 0 Å². The third-order valence-electron chi connectivity index (χ3n) is 6.23. The first-order valence-corrected chi connectivity index (χ1v) is 11.3. The number of hydrogen-bond acceptors (Lipinski definition) is 9. The molecule has 0 atom stereocenters. The molecule has 2 aliphatic rings. The van der Waals surface area contributed by atoms with E-state index in [9.17, 15) is 5.26 Å². The van der Waals surface area contributed by atoms with Crippen molar-refractivity contribution in [3.8, 4) is 17.7 Å². The SMILES string of the molecule is COc1ccc(NC2CCC(Oc3cc(N4CCOCC4)cn4ncc(C#N)c34)CC2)nn1. The van der Waals surface area contributed by atoms with Crippen molar-refractivity contribution < 1.29 is 14.2 Å². The fraction of sp³-hybridized carbons (Fsp3) is 0.478. The van der Waals surface area contributed by atoms with Crippen molar-refractivity contribution in [3.05, 3.63) is 36.2 Å². The molecular weight excluding hydrogens is 422 g/mol. The zero-order chi connectivity index (χ0) is 22.6. The minimum absolute atomic E-state index is 0.0789. The Hall–Kier alpha value is -3.58. The van der Waals surface area contributed by atoms with Crippen molar-refractivity contribution in [2.45, 2.75) is 37.8 Å². The van der Waals surface area contributed by atoms with Crippen molar-refractivity contribution in [3.63, 3.8) is 0 Å². The summed E-state index contributed by atoms with van der Waals surface area (Å²) < 4.78 is 18.8. The normalized spacial score (nSPS) is 20.9. The molecule has 2 fully saturated rings. The Morgan fingerprint density at radius 3 is 2.67 bits per heavy atom. The van der Waals surface area contributed by atoms with Gasteiger partial charge < -0.3 is 24.4 Å². The van der Waals surface area contributed by atoms with Gasteiger partial charge in [0, 0.05) is 31.3 Å². The number of anilines is 2. The summed E-state index contributed by atoms with van der Waals surface area (Å²) in [5.74, 6) is 1.96. The lowest BCUT2D eigenvalue weighted by Gasteiger charge is -2.31. The van der Waals surface area contributed by atoms with E-state index in [1.165, 1.54) is 0 Å². The van der Waals surface area contributed by atoms with Crippen molar-refractivity contribution in [1.82, 2.24) is 19.8 Å². The Kier molecular flexibility index (Phi) is 6.13. The molecule has 1 saturated heterocycles. The van der Waals surface area contributed by atoms with Gasteiger partial charge in [-0.25, -0.2) is 4.52 Å². The highest BCUT2D eigenvalue weighted by Crippen LogP contribution is 2.33. The van der Waals surface area contributed by atoms with Gasteiger partial charge in [-0.2, -0.15) is 10.4 Å². The molecule has 10 nitrogen and oxygen atoms in total. The first kappa shape index (κ1) is 21.3. The first-order valence-electron chi connectivity index (χ1n) is 11.3. The van der Waals surface area contributed by atoms with E-state index in [0.717, 1.165) is 55.8 Å². The van der Waals surface area contributed by atoms with Crippen LogP contribution in [0.25, 0.3) is 5.52 Å². The summed E-state index contributed by atoms with van der Waals surface area (Å²) in [6.07, 6.45) is 7.38. The molecule has 1 N–H and O–H groups in total. The number of nitrogens with one attached hydrogen (secondary N) is 1. The minimum atomic E-state index is 0.0789. The van der Waals surface area contributed by atoms with Gasteiger partial charge in [0.2, 0.25) is 5.88 Å². The lowest BCUT2D eigenvalue weighted by molar-refractivity contribution is 0.122. The molecule has 0 bridgehead atoms. The van der Waals surface area contributed by atoms with E-state index in [1.54, 1.807) is 23.9 Å². The summed E-state index contributed by atoms with van der Waals surface area (Å²) in [6, 6.07) is 8.28. The summed E-state index contributed by atoms with van der Waals surface area (Å²) in [6.45, 7) is 3.05. The number of ether oxygens (including phenoxy) is 3. The molecule has 0 unspecified atom stereocenters. The van der Waals surface area contributed by atoms with Crippen LogP contribution >= 0.6 is 0 Å². The van der Waals surface area contributed by atoms with E-state index in [4.69, 9.17) is 14.2 Å². The van der Waals surface area contributed by atoms with Gasteiger partial charge in [0.15, 0.2) is 0 Å². The van der Waals surface area contributed by atoms with Crippen LogP contribution in [0.4, 0.5) is 11.5 Å². The summed E-state index contributed by atoms with van der Waals surface area (Å²) in [5.41, 5.74) is 2.28. The molecule has 0 spiro atoms. The van der Waals surface area contributed by atoms with Crippen LogP contribution < -0.4 is 19.7 Å². The Morgan fingerprint density at radius 2 is 1.97 bits per heavy atom. The number of morpholine rings is 1. The molecule has 4 heterocycles. The smallest absolute Gasteiger partial charge is 0.233 e. The van der Waals surface area contributed by atoms with Gasteiger partial charge >= 0.3 is 0 Å². The predicted octanol–water partition coefficient (Wildman–Crippen LogP) is 2.64. The molecule has 172 valence electrons. The van der Waals surface area contributed by atoms with Gasteiger partial charge in [-0.05, 0) is 31.7 Å². The quantitative estimate of drug-likeness (QED) is 0.607. The number of fused-ring (bicyclic) bond motifs is 1. The average Bonchev–Trinajstić information content (AvgIpc) is 3.30. The highest BCUT2D eigenvalue weighted by Gasteiger charge is 2.25. The van der Waals surface area contributed by atoms with Crippen LogP contribution in [0.5, 0.6) is 11.6 Å². The zero-order valence-electron chi connectivity index (χ0n) is 18.6. The van der Waals surface area contributed by atoms with Gasteiger partial charge in [0.1, 0.15) is 28.7 Å². The second-order valence-corrected chi connectivity index (χ2v) is 8.32. The fourth-order valence-electron chi connectivity index (χ4n) is 4.46. The van der Waals surface area contributed by atoms with E-state index < -0.39 is 0 Å². The third kappa shape index (κ3) is 4.64. The minimum Gasteiger partial charge on any atom is -0.488 e. The van der Waals surface area contributed by atoms with E-state index >= 15 is 0 Å². The van der Waals surface area contributed by atoms with Crippen LogP contribution in [0.3, 0.4) is 0 Å². The van der Waals surface area contributed by atoms with Crippen LogP contribution in [0.15, 0.2) is 30.6 Å². The topological polar surface area (TPSA) is 110 Å². The predicted molar refractivity (Wildman–Crippen MR) is 122 cm³/mol. The maximum absolute atomic E-state index is 9.57. The molecule has 3 aromatic heterocycles. The highest BCUT2D eigenvalue weighted by atomic mass is 16.5. The van der Waals surface area contributed by atoms with Crippen molar-refractivity contribution in [2.24, 2.45) is 0 Å². The third-order valence-corrected chi connectivity index (χ3v) is 6.23. The van der Waals surface area contributed by atoms with Gasteiger partial charge in [0.25, 0.3) is 0 Å². The van der Waals surface area contributed by atoms with E-state index in [1.807, 2.05) is 18.3 Å². The van der Waals surface area contributed by atoms with Crippen LogP contribution in [0, 0.1) is 11.3 Å². The monoisotopic (exact) mass is 449 g/mol. The Labute approximate surface area is 192 Å². The number of nitriles is 1. The zero-order valence-corrected chi connectivity index (χ0v) is 18.6. The van der Waals surface area contributed by atoms with Crippen LogP contribution in [-0.4, -0.2) is 65.4 Å². The molecule has 10 heteroatoms. The molecule has 5 rings (SSSR count). The van der Waals surface area contributed by atoms with Crippen molar-refractivity contribution in [1.29, 1.82) is 5.26 Å². The molecule has 33 heavy (non-hydrogen) atoms. The van der Waals surface area contributed by atoms with Gasteiger partial charge in [-0.15, -0.1) is 10.2 Å². The fourth-order valence-corrected chi connectivity index (χ4v) is 4.46. The van der Waals surface area contributed by atoms with Crippen LogP contribution in [0.1, 0.15) is 31.2 Å². The van der Waals surface area contributed by atoms with E-state index in [0.29, 0.717) is 36.4 Å². The number of pyridine rings is 1. The molecular formula is C23H27N7O3. The molecule has 0 radical (unpaired) electrons. The summed E-state index contributed by atoms with van der Waals surface area (Å²) in [7, 11) is 1.58. The standard InChI is InChI=1S/C23H27N7O3/c1-31-22-7-6-21(27-28-22)26-17-2-4-19(5-3-17)33-20-12-18(29-8-10-32-11-9-29)15-30-23(20)16(13-24)14-25-30/h6-7,12,14-15,17,19H,2-5,8-11H2,1H3,(H,26,27). The van der Waals surface area contributed by atoms with E-state index in [-0.39, 0.29) is 6.10 Å². The molecule has 3 aromatic rings. The van der Waals surface area contributed by atoms with Crippen LogP contribution in [0.2, 0.25) is 0 Å². The second-order valence-electron chi connectivity index (χ2n) is 8.32. The summed E-state index contributed by atoms with van der Waals surface area (Å²) in [5, 5.41) is 25.6. The van der Waals surface area contributed by atoms with Crippen molar-refractivity contribution in [2.75, 3.05) is 43.6 Å². The van der Waals surface area contributed by atoms with E-state index in [2.05, 4.69) is 31.6 Å². The molecule has 0 amide bonds. The Balaban J connectivity index is 1.28. The number of hydrogen-bond donors (Lipinski definition) is 1. The number of nitrogens with zero attached hydrogens (tertiary/aromatic N) is 6. The summed E-state index contributed by atoms with van der Waals surface area (Å²) in [4.78, 5) is 2.26. The Bertz CT molecular complexity index is 1130. The molecule has 1 saturated carbocycles. The largest absolute Gasteiger partial charge is 0.488 e. The first-order chi connectivity index (χ1) is 16.2. The second kappa shape index (κ2) is 9.50. The lowest BCUT2D eigenvalue weighted by Crippen LogP contribution is -2.36. The average molecular weight is 450 g/mol. The Morgan fingerprint density at radius 1 is 1.15 bits per heavy atom. The molecule has 1 aliphatic carbocycles. The number of rotatable bonds is 6. The number of methoxy groups -OCH3 is 1. The molecule has 1 aliphatic heterocycles.